The molecule has 0 aromatic heterocycles. The largest absolute Gasteiger partial charge is 0.479 e. The average Bonchev–Trinajstić information content (AvgIpc) is 2.77. The van der Waals surface area contributed by atoms with Gasteiger partial charge in [-0.1, -0.05) is 29.8 Å². The van der Waals surface area contributed by atoms with Crippen LogP contribution in [0.1, 0.15) is 5.56 Å². The minimum Gasteiger partial charge on any atom is -0.479 e. The topological polar surface area (TPSA) is 93.9 Å². The molecule has 1 heterocycles. The van der Waals surface area contributed by atoms with E-state index in [4.69, 9.17) is 21.4 Å². The third kappa shape index (κ3) is 5.78. The molecule has 1 N–H and O–H groups in total. The van der Waals surface area contributed by atoms with Crippen LogP contribution in [0.2, 0.25) is 5.02 Å². The van der Waals surface area contributed by atoms with E-state index in [9.17, 15) is 14.9 Å². The summed E-state index contributed by atoms with van der Waals surface area (Å²) in [4.78, 5) is 27.4. The van der Waals surface area contributed by atoms with Crippen LogP contribution in [0, 0.1) is 11.3 Å². The first-order chi connectivity index (χ1) is 14.9. The summed E-state index contributed by atoms with van der Waals surface area (Å²) in [6, 6.07) is 15.1. The number of amides is 1. The molecule has 2 aromatic carbocycles. The van der Waals surface area contributed by atoms with Gasteiger partial charge in [0.1, 0.15) is 11.6 Å². The van der Waals surface area contributed by atoms with Crippen molar-refractivity contribution in [2.75, 3.05) is 37.7 Å². The van der Waals surface area contributed by atoms with Crippen molar-refractivity contribution >= 4 is 51.2 Å². The van der Waals surface area contributed by atoms with Gasteiger partial charge in [-0.2, -0.15) is 5.26 Å². The molecule has 7 nitrogen and oxygen atoms in total. The number of para-hydroxylation sites is 1. The molecule has 0 saturated carbocycles. The van der Waals surface area contributed by atoms with Gasteiger partial charge in [-0.05, 0) is 51.8 Å². The number of nitrogens with zero attached hydrogens (tertiary/aromatic N) is 3. The number of halogens is 2. The molecule has 31 heavy (non-hydrogen) atoms. The normalized spacial score (nSPS) is 14.2. The Bertz CT molecular complexity index is 1020. The number of carboxylic acid groups (broad SMARTS) is 1. The molecule has 0 spiro atoms. The zero-order valence-corrected chi connectivity index (χ0v) is 18.8. The van der Waals surface area contributed by atoms with Crippen molar-refractivity contribution < 1.29 is 19.4 Å². The van der Waals surface area contributed by atoms with Gasteiger partial charge in [-0.25, -0.2) is 4.79 Å². The third-order valence-corrected chi connectivity index (χ3v) is 5.58. The maximum atomic E-state index is 12.9. The number of carboxylic acids is 1. The summed E-state index contributed by atoms with van der Waals surface area (Å²) in [6.07, 6.45) is 1.46. The lowest BCUT2D eigenvalue weighted by atomic mass is 10.1. The second-order valence-electron chi connectivity index (χ2n) is 6.78. The Balaban J connectivity index is 1.71. The molecule has 0 unspecified atom stereocenters. The van der Waals surface area contributed by atoms with E-state index in [0.717, 1.165) is 5.69 Å². The van der Waals surface area contributed by atoms with Crippen LogP contribution >= 0.6 is 27.5 Å². The molecule has 9 heteroatoms. The monoisotopic (exact) mass is 503 g/mol. The summed E-state index contributed by atoms with van der Waals surface area (Å²) < 4.78 is 5.59. The van der Waals surface area contributed by atoms with E-state index < -0.39 is 12.6 Å². The van der Waals surface area contributed by atoms with Gasteiger partial charge in [0, 0.05) is 31.9 Å². The number of aliphatic carboxylic acids is 1. The molecular formula is C22H19BrClN3O4. The van der Waals surface area contributed by atoms with Crippen LogP contribution in [0.4, 0.5) is 5.69 Å². The summed E-state index contributed by atoms with van der Waals surface area (Å²) in [6.45, 7) is 1.85. The van der Waals surface area contributed by atoms with Crippen molar-refractivity contribution in [2.45, 2.75) is 0 Å². The lowest BCUT2D eigenvalue weighted by molar-refractivity contribution is -0.139. The van der Waals surface area contributed by atoms with Crippen molar-refractivity contribution in [2.24, 2.45) is 0 Å². The Labute approximate surface area is 193 Å². The minimum atomic E-state index is -1.13. The summed E-state index contributed by atoms with van der Waals surface area (Å²) in [5.41, 5.74) is 1.62. The number of benzene rings is 2. The molecule has 160 valence electrons. The zero-order chi connectivity index (χ0) is 22.4. The molecule has 0 bridgehead atoms. The smallest absolute Gasteiger partial charge is 0.341 e. The summed E-state index contributed by atoms with van der Waals surface area (Å²) in [5.74, 6) is -1.28. The van der Waals surface area contributed by atoms with Crippen molar-refractivity contribution in [3.8, 4) is 11.8 Å². The molecule has 3 rings (SSSR count). The van der Waals surface area contributed by atoms with Crippen molar-refractivity contribution in [1.82, 2.24) is 4.90 Å². The van der Waals surface area contributed by atoms with Gasteiger partial charge in [-0.3, -0.25) is 4.79 Å². The fraction of sp³-hybridized carbons (Fsp3) is 0.227. The predicted molar refractivity (Wildman–Crippen MR) is 121 cm³/mol. The van der Waals surface area contributed by atoms with Crippen molar-refractivity contribution in [3.05, 3.63) is 63.1 Å². The Hall–Kier alpha value is -3.02. The van der Waals surface area contributed by atoms with Crippen LogP contribution in [-0.4, -0.2) is 54.7 Å². The Morgan fingerprint density at radius 1 is 1.19 bits per heavy atom. The van der Waals surface area contributed by atoms with E-state index in [1.165, 1.54) is 12.1 Å². The average molecular weight is 505 g/mol. The van der Waals surface area contributed by atoms with Gasteiger partial charge in [0.2, 0.25) is 0 Å². The molecule has 1 saturated heterocycles. The number of piperazine rings is 1. The van der Waals surface area contributed by atoms with Gasteiger partial charge >= 0.3 is 5.97 Å². The van der Waals surface area contributed by atoms with Crippen molar-refractivity contribution in [3.63, 3.8) is 0 Å². The quantitative estimate of drug-likeness (QED) is 0.475. The highest BCUT2D eigenvalue weighted by molar-refractivity contribution is 9.10. The number of ether oxygens (including phenoxy) is 1. The number of hydrogen-bond donors (Lipinski definition) is 1. The van der Waals surface area contributed by atoms with E-state index >= 15 is 0 Å². The number of carbonyl (C=O) groups is 2. The van der Waals surface area contributed by atoms with Crippen LogP contribution in [0.25, 0.3) is 6.08 Å². The summed E-state index contributed by atoms with van der Waals surface area (Å²) in [5, 5.41) is 18.5. The molecule has 1 aliphatic heterocycles. The molecule has 0 atom stereocenters. The Kier molecular flexibility index (Phi) is 7.55. The third-order valence-electron chi connectivity index (χ3n) is 4.71. The number of rotatable bonds is 6. The fourth-order valence-electron chi connectivity index (χ4n) is 3.22. The van der Waals surface area contributed by atoms with Crippen molar-refractivity contribution in [1.29, 1.82) is 5.26 Å². The number of nitriles is 1. The fourth-order valence-corrected chi connectivity index (χ4v) is 4.21. The Morgan fingerprint density at radius 3 is 2.45 bits per heavy atom. The van der Waals surface area contributed by atoms with Crippen LogP contribution in [-0.2, 0) is 9.59 Å². The SMILES string of the molecule is N#C/C(=C/c1cc(Cl)c(OCC(=O)O)c(Br)c1)C(=O)N1CCN(c2ccccc2)CC1. The number of carbonyl (C=O) groups excluding carboxylic acids is 1. The van der Waals surface area contributed by atoms with Gasteiger partial charge in [-0.15, -0.1) is 0 Å². The summed E-state index contributed by atoms with van der Waals surface area (Å²) >= 11 is 9.47. The maximum absolute atomic E-state index is 12.9. The number of anilines is 1. The van der Waals surface area contributed by atoms with E-state index in [0.29, 0.717) is 36.2 Å². The van der Waals surface area contributed by atoms with Gasteiger partial charge < -0.3 is 19.6 Å². The second kappa shape index (κ2) is 10.3. The predicted octanol–water partition coefficient (Wildman–Crippen LogP) is 3.82. The van der Waals surface area contributed by atoms with E-state index in [2.05, 4.69) is 20.8 Å². The highest BCUT2D eigenvalue weighted by Gasteiger charge is 2.24. The number of hydrogen-bond acceptors (Lipinski definition) is 5. The van der Waals surface area contributed by atoms with Gasteiger partial charge in [0.25, 0.3) is 5.91 Å². The summed E-state index contributed by atoms with van der Waals surface area (Å²) in [7, 11) is 0. The lowest BCUT2D eigenvalue weighted by Gasteiger charge is -2.36. The van der Waals surface area contributed by atoms with Crippen LogP contribution in [0.5, 0.6) is 5.75 Å². The molecule has 2 aromatic rings. The van der Waals surface area contributed by atoms with E-state index in [1.54, 1.807) is 11.0 Å². The molecule has 1 amide bonds. The van der Waals surface area contributed by atoms with Gasteiger partial charge in [0.15, 0.2) is 12.4 Å². The van der Waals surface area contributed by atoms with Crippen LogP contribution in [0.3, 0.4) is 0 Å². The first-order valence-corrected chi connectivity index (χ1v) is 10.6. The first kappa shape index (κ1) is 22.7. The molecule has 0 radical (unpaired) electrons. The highest BCUT2D eigenvalue weighted by Crippen LogP contribution is 2.35. The lowest BCUT2D eigenvalue weighted by Crippen LogP contribution is -2.49. The molecular weight excluding hydrogens is 486 g/mol. The van der Waals surface area contributed by atoms with E-state index in [-0.39, 0.29) is 22.3 Å². The molecule has 0 aliphatic carbocycles. The first-order valence-electron chi connectivity index (χ1n) is 9.43. The molecule has 1 aliphatic rings. The van der Waals surface area contributed by atoms with E-state index in [1.807, 2.05) is 36.4 Å². The van der Waals surface area contributed by atoms with Gasteiger partial charge in [0.05, 0.1) is 9.50 Å². The standard InChI is InChI=1S/C22H19BrClN3O4/c23-18-11-15(12-19(24)21(18)31-14-20(28)29)10-16(13-25)22(30)27-8-6-26(7-9-27)17-4-2-1-3-5-17/h1-5,10-12H,6-9,14H2,(H,28,29)/b16-10-. The molecule has 1 fully saturated rings. The zero-order valence-electron chi connectivity index (χ0n) is 16.4. The maximum Gasteiger partial charge on any atom is 0.341 e. The Morgan fingerprint density at radius 2 is 1.87 bits per heavy atom. The van der Waals surface area contributed by atoms with Crippen LogP contribution in [0.15, 0.2) is 52.5 Å². The highest BCUT2D eigenvalue weighted by atomic mass is 79.9. The van der Waals surface area contributed by atoms with Crippen LogP contribution < -0.4 is 9.64 Å². The second-order valence-corrected chi connectivity index (χ2v) is 8.04. The minimum absolute atomic E-state index is 0.00432.